The maximum absolute atomic E-state index is 12.4. The minimum atomic E-state index is 0.0479. The second-order valence-corrected chi connectivity index (χ2v) is 5.66. The number of hydrogen-bond donors (Lipinski definition) is 1. The molecule has 0 fully saturated rings. The molecule has 0 aromatic carbocycles. The fourth-order valence-electron chi connectivity index (χ4n) is 2.52. The van der Waals surface area contributed by atoms with E-state index in [4.69, 9.17) is 22.1 Å². The lowest BCUT2D eigenvalue weighted by Crippen LogP contribution is -2.16. The third-order valence-electron chi connectivity index (χ3n) is 3.62. The lowest BCUT2D eigenvalue weighted by atomic mass is 9.93. The number of ketones is 1. The Hall–Kier alpha value is -0.910. The van der Waals surface area contributed by atoms with E-state index < -0.39 is 0 Å². The van der Waals surface area contributed by atoms with Crippen LogP contribution in [0.3, 0.4) is 0 Å². The fourth-order valence-corrected chi connectivity index (χ4v) is 2.76. The second-order valence-electron chi connectivity index (χ2n) is 5.25. The Morgan fingerprint density at radius 2 is 2.24 bits per heavy atom. The monoisotopic (exact) mass is 315 g/mol. The SMILES string of the molecule is CCCC(CCN)CCC(=O)c1c(Cl)cnn1CCOC. The van der Waals surface area contributed by atoms with Crippen LogP contribution in [0.15, 0.2) is 6.20 Å². The Kier molecular flexibility index (Phi) is 8.57. The van der Waals surface area contributed by atoms with E-state index >= 15 is 0 Å². The van der Waals surface area contributed by atoms with Crippen molar-refractivity contribution in [1.82, 2.24) is 9.78 Å². The van der Waals surface area contributed by atoms with Crippen LogP contribution in [0.4, 0.5) is 0 Å². The summed E-state index contributed by atoms with van der Waals surface area (Å²) in [6, 6.07) is 0. The molecular formula is C15H26ClN3O2. The Labute approximate surface area is 131 Å². The van der Waals surface area contributed by atoms with Gasteiger partial charge in [0, 0.05) is 13.5 Å². The average Bonchev–Trinajstić information content (AvgIpc) is 2.83. The molecule has 21 heavy (non-hydrogen) atoms. The first-order valence-corrected chi connectivity index (χ1v) is 7.95. The molecule has 0 saturated heterocycles. The van der Waals surface area contributed by atoms with Gasteiger partial charge < -0.3 is 10.5 Å². The zero-order valence-electron chi connectivity index (χ0n) is 13.0. The van der Waals surface area contributed by atoms with Gasteiger partial charge in [-0.1, -0.05) is 31.4 Å². The summed E-state index contributed by atoms with van der Waals surface area (Å²) in [5, 5.41) is 4.56. The first-order chi connectivity index (χ1) is 10.1. The first-order valence-electron chi connectivity index (χ1n) is 7.57. The van der Waals surface area contributed by atoms with Gasteiger partial charge in [-0.25, -0.2) is 0 Å². The summed E-state index contributed by atoms with van der Waals surface area (Å²) in [5.41, 5.74) is 6.13. The van der Waals surface area contributed by atoms with Crippen molar-refractivity contribution in [2.75, 3.05) is 20.3 Å². The Morgan fingerprint density at radius 3 is 2.86 bits per heavy atom. The number of halogens is 1. The van der Waals surface area contributed by atoms with Crippen LogP contribution in [0.25, 0.3) is 0 Å². The average molecular weight is 316 g/mol. The zero-order valence-corrected chi connectivity index (χ0v) is 13.7. The molecule has 0 aliphatic heterocycles. The highest BCUT2D eigenvalue weighted by Crippen LogP contribution is 2.22. The second kappa shape index (κ2) is 9.92. The van der Waals surface area contributed by atoms with E-state index in [-0.39, 0.29) is 5.78 Å². The molecule has 1 unspecified atom stereocenters. The number of hydrogen-bond acceptors (Lipinski definition) is 4. The third kappa shape index (κ3) is 5.77. The predicted molar refractivity (Wildman–Crippen MR) is 84.7 cm³/mol. The fraction of sp³-hybridized carbons (Fsp3) is 0.733. The van der Waals surface area contributed by atoms with E-state index in [2.05, 4.69) is 12.0 Å². The lowest BCUT2D eigenvalue weighted by molar-refractivity contribution is 0.0958. The summed E-state index contributed by atoms with van der Waals surface area (Å²) >= 11 is 6.09. The van der Waals surface area contributed by atoms with Gasteiger partial charge in [-0.15, -0.1) is 0 Å². The van der Waals surface area contributed by atoms with Gasteiger partial charge in [0.15, 0.2) is 5.78 Å². The molecule has 0 aliphatic rings. The molecule has 0 amide bonds. The summed E-state index contributed by atoms with van der Waals surface area (Å²) < 4.78 is 6.65. The van der Waals surface area contributed by atoms with Crippen LogP contribution in [0.1, 0.15) is 49.5 Å². The van der Waals surface area contributed by atoms with E-state index in [1.54, 1.807) is 11.8 Å². The Bertz CT molecular complexity index is 429. The first kappa shape index (κ1) is 18.1. The number of carbonyl (C=O) groups is 1. The van der Waals surface area contributed by atoms with E-state index in [1.165, 1.54) is 6.20 Å². The van der Waals surface area contributed by atoms with E-state index in [9.17, 15) is 4.79 Å². The van der Waals surface area contributed by atoms with E-state index in [0.29, 0.717) is 42.8 Å². The predicted octanol–water partition coefficient (Wildman–Crippen LogP) is 2.91. The van der Waals surface area contributed by atoms with Crippen LogP contribution >= 0.6 is 11.6 Å². The number of methoxy groups -OCH3 is 1. The van der Waals surface area contributed by atoms with Crippen molar-refractivity contribution >= 4 is 17.4 Å². The van der Waals surface area contributed by atoms with Crippen molar-refractivity contribution in [3.63, 3.8) is 0 Å². The van der Waals surface area contributed by atoms with Gasteiger partial charge in [0.1, 0.15) is 5.69 Å². The third-order valence-corrected chi connectivity index (χ3v) is 3.89. The lowest BCUT2D eigenvalue weighted by Gasteiger charge is -2.14. The molecular weight excluding hydrogens is 290 g/mol. The minimum absolute atomic E-state index is 0.0479. The summed E-state index contributed by atoms with van der Waals surface area (Å²) in [7, 11) is 1.62. The molecule has 0 bridgehead atoms. The number of aromatic nitrogens is 2. The standard InChI is InChI=1S/C15H26ClN3O2/c1-3-4-12(7-8-17)5-6-14(20)15-13(16)11-18-19(15)9-10-21-2/h11-12H,3-10,17H2,1-2H3. The number of carbonyl (C=O) groups excluding carboxylic acids is 1. The highest BCUT2D eigenvalue weighted by molar-refractivity contribution is 6.33. The molecule has 0 saturated carbocycles. The quantitative estimate of drug-likeness (QED) is 0.637. The van der Waals surface area contributed by atoms with Crippen molar-refractivity contribution in [3.8, 4) is 0 Å². The minimum Gasteiger partial charge on any atom is -0.383 e. The summed E-state index contributed by atoms with van der Waals surface area (Å²) in [5.74, 6) is 0.560. The molecule has 2 N–H and O–H groups in total. The molecule has 1 rings (SSSR count). The smallest absolute Gasteiger partial charge is 0.182 e. The number of Topliss-reactive ketones (excluding diaryl/α,β-unsaturated/α-hetero) is 1. The van der Waals surface area contributed by atoms with Crippen molar-refractivity contribution in [3.05, 3.63) is 16.9 Å². The molecule has 0 spiro atoms. The van der Waals surface area contributed by atoms with Crippen LogP contribution in [-0.4, -0.2) is 35.8 Å². The van der Waals surface area contributed by atoms with Crippen molar-refractivity contribution in [1.29, 1.82) is 0 Å². The largest absolute Gasteiger partial charge is 0.383 e. The topological polar surface area (TPSA) is 70.1 Å². The van der Waals surface area contributed by atoms with Crippen LogP contribution in [-0.2, 0) is 11.3 Å². The van der Waals surface area contributed by atoms with Crippen LogP contribution in [0, 0.1) is 5.92 Å². The van der Waals surface area contributed by atoms with Gasteiger partial charge in [-0.05, 0) is 25.3 Å². The normalized spacial score (nSPS) is 12.6. The molecule has 120 valence electrons. The molecule has 1 aromatic rings. The van der Waals surface area contributed by atoms with Crippen molar-refractivity contribution in [2.24, 2.45) is 11.7 Å². The number of ether oxygens (including phenoxy) is 1. The molecule has 0 radical (unpaired) electrons. The maximum atomic E-state index is 12.4. The molecule has 1 aromatic heterocycles. The number of rotatable bonds is 11. The summed E-state index contributed by atoms with van der Waals surface area (Å²) in [4.78, 5) is 12.4. The van der Waals surface area contributed by atoms with Crippen molar-refractivity contribution < 1.29 is 9.53 Å². The highest BCUT2D eigenvalue weighted by Gasteiger charge is 2.18. The molecule has 1 atom stereocenters. The van der Waals surface area contributed by atoms with Gasteiger partial charge >= 0.3 is 0 Å². The van der Waals surface area contributed by atoms with Crippen LogP contribution < -0.4 is 5.73 Å². The molecule has 5 nitrogen and oxygen atoms in total. The Balaban J connectivity index is 2.63. The van der Waals surface area contributed by atoms with Gasteiger partial charge in [0.25, 0.3) is 0 Å². The van der Waals surface area contributed by atoms with Crippen LogP contribution in [0.2, 0.25) is 5.02 Å². The van der Waals surface area contributed by atoms with E-state index in [0.717, 1.165) is 25.7 Å². The van der Waals surface area contributed by atoms with E-state index in [1.807, 2.05) is 0 Å². The zero-order chi connectivity index (χ0) is 15.7. The maximum Gasteiger partial charge on any atom is 0.182 e. The van der Waals surface area contributed by atoms with Crippen molar-refractivity contribution in [2.45, 2.75) is 45.6 Å². The highest BCUT2D eigenvalue weighted by atomic mass is 35.5. The number of nitrogens with zero attached hydrogens (tertiary/aromatic N) is 2. The summed E-state index contributed by atoms with van der Waals surface area (Å²) in [6.07, 6.45) is 6.07. The number of nitrogens with two attached hydrogens (primary N) is 1. The van der Waals surface area contributed by atoms with Gasteiger partial charge in [-0.2, -0.15) is 5.10 Å². The molecule has 0 aliphatic carbocycles. The Morgan fingerprint density at radius 1 is 1.48 bits per heavy atom. The molecule has 1 heterocycles. The van der Waals surface area contributed by atoms with Crippen LogP contribution in [0.5, 0.6) is 0 Å². The van der Waals surface area contributed by atoms with Gasteiger partial charge in [0.2, 0.25) is 0 Å². The summed E-state index contributed by atoms with van der Waals surface area (Å²) in [6.45, 7) is 3.86. The van der Waals surface area contributed by atoms with Gasteiger partial charge in [-0.3, -0.25) is 9.48 Å². The molecule has 6 heteroatoms. The van der Waals surface area contributed by atoms with Gasteiger partial charge in [0.05, 0.1) is 24.4 Å².